The number of rotatable bonds is 5. The number of nitrogens with zero attached hydrogens (tertiary/aromatic N) is 1. The quantitative estimate of drug-likeness (QED) is 0.724. The third kappa shape index (κ3) is 2.80. The van der Waals surface area contributed by atoms with E-state index < -0.39 is 27.6 Å². The lowest BCUT2D eigenvalue weighted by Crippen LogP contribution is -2.50. The number of carbonyl (C=O) groups is 1. The number of aliphatic carboxylic acids is 1. The van der Waals surface area contributed by atoms with Crippen LogP contribution in [-0.4, -0.2) is 34.4 Å². The van der Waals surface area contributed by atoms with E-state index in [1.165, 1.54) is 16.4 Å². The number of phenolic OH excluding ortho intramolecular Hbond substituents is 1. The van der Waals surface area contributed by atoms with Crippen LogP contribution >= 0.6 is 0 Å². The van der Waals surface area contributed by atoms with Crippen molar-refractivity contribution in [2.45, 2.75) is 31.5 Å². The average molecular weight is 388 g/mol. The first-order chi connectivity index (χ1) is 12.8. The summed E-state index contributed by atoms with van der Waals surface area (Å²) >= 11 is 0. The highest BCUT2D eigenvalue weighted by Crippen LogP contribution is 2.58. The number of benzene rings is 2. The lowest BCUT2D eigenvalue weighted by molar-refractivity contribution is -0.140. The molecule has 0 bridgehead atoms. The highest BCUT2D eigenvalue weighted by Gasteiger charge is 2.70. The van der Waals surface area contributed by atoms with Crippen LogP contribution in [0, 0.1) is 5.92 Å². The molecule has 1 aliphatic heterocycles. The van der Waals surface area contributed by atoms with Crippen molar-refractivity contribution < 1.29 is 23.4 Å². The van der Waals surface area contributed by atoms with Gasteiger partial charge in [0, 0.05) is 19.0 Å². The number of hydrogen-bond acceptors (Lipinski definition) is 4. The molecular weight excluding hydrogens is 368 g/mol. The van der Waals surface area contributed by atoms with Crippen LogP contribution in [0.3, 0.4) is 0 Å². The highest BCUT2D eigenvalue weighted by molar-refractivity contribution is 7.87. The first-order valence-corrected chi connectivity index (χ1v) is 10.1. The fraction of sp³-hybridized carbons (Fsp3) is 0.316. The van der Waals surface area contributed by atoms with Crippen LogP contribution in [0.4, 0.5) is 0 Å². The molecule has 0 radical (unpaired) electrons. The molecule has 3 atom stereocenters. The van der Waals surface area contributed by atoms with E-state index in [9.17, 15) is 23.4 Å². The molecule has 2 aromatic rings. The molecule has 142 valence electrons. The first-order valence-electron chi connectivity index (χ1n) is 8.64. The number of fused-ring (bicyclic) bond motifs is 1. The van der Waals surface area contributed by atoms with E-state index >= 15 is 0 Å². The van der Waals surface area contributed by atoms with Crippen molar-refractivity contribution >= 4 is 16.2 Å². The van der Waals surface area contributed by atoms with Gasteiger partial charge in [0.1, 0.15) is 11.3 Å². The van der Waals surface area contributed by atoms with Crippen LogP contribution in [0.1, 0.15) is 29.5 Å². The summed E-state index contributed by atoms with van der Waals surface area (Å²) in [6.45, 7) is 1.98. The van der Waals surface area contributed by atoms with Crippen molar-refractivity contribution in [2.75, 3.05) is 0 Å². The summed E-state index contributed by atoms with van der Waals surface area (Å²) in [5.74, 6) is -1.91. The molecule has 7 nitrogen and oxygen atoms in total. The number of hydrogen-bond donors (Lipinski definition) is 3. The Bertz CT molecular complexity index is 1010. The number of aromatic hydroxyl groups is 1. The standard InChI is InChI=1S/C19H20N2O5S/c1-12-17(13-5-3-2-4-6-13)19(12,18(23)24)20-27(25,26)21-10-14-7-8-16(22)9-15(14)11-21/h2-9,12,17,20,22H,10-11H2,1H3,(H,23,24)/t12?,17-,19+/m1/s1. The maximum Gasteiger partial charge on any atom is 0.325 e. The number of carboxylic acids is 1. The van der Waals surface area contributed by atoms with E-state index in [1.54, 1.807) is 13.0 Å². The molecule has 2 aromatic carbocycles. The Morgan fingerprint density at radius 1 is 1.15 bits per heavy atom. The van der Waals surface area contributed by atoms with Crippen molar-refractivity contribution in [3.63, 3.8) is 0 Å². The lowest BCUT2D eigenvalue weighted by Gasteiger charge is -2.21. The summed E-state index contributed by atoms with van der Waals surface area (Å²) in [4.78, 5) is 12.1. The van der Waals surface area contributed by atoms with Gasteiger partial charge in [-0.1, -0.05) is 43.3 Å². The summed E-state index contributed by atoms with van der Waals surface area (Å²) in [6, 6.07) is 13.8. The normalized spacial score (nSPS) is 27.3. The van der Waals surface area contributed by atoms with Gasteiger partial charge < -0.3 is 10.2 Å². The van der Waals surface area contributed by atoms with Crippen LogP contribution < -0.4 is 4.72 Å². The van der Waals surface area contributed by atoms with Crippen LogP contribution in [0.2, 0.25) is 0 Å². The van der Waals surface area contributed by atoms with E-state index in [-0.39, 0.29) is 24.8 Å². The van der Waals surface area contributed by atoms with E-state index in [2.05, 4.69) is 4.72 Å². The van der Waals surface area contributed by atoms with Crippen molar-refractivity contribution in [3.05, 3.63) is 65.2 Å². The second kappa shape index (κ2) is 6.05. The van der Waals surface area contributed by atoms with Gasteiger partial charge in [-0.25, -0.2) is 0 Å². The van der Waals surface area contributed by atoms with Gasteiger partial charge in [-0.15, -0.1) is 0 Å². The Balaban J connectivity index is 1.61. The molecule has 1 aliphatic carbocycles. The fourth-order valence-electron chi connectivity index (χ4n) is 4.10. The largest absolute Gasteiger partial charge is 0.508 e. The second-order valence-electron chi connectivity index (χ2n) is 7.18. The molecule has 1 fully saturated rings. The Hall–Kier alpha value is -2.42. The van der Waals surface area contributed by atoms with Gasteiger partial charge in [0.25, 0.3) is 10.2 Å². The van der Waals surface area contributed by atoms with Crippen LogP contribution in [-0.2, 0) is 28.1 Å². The SMILES string of the molecule is CC1[C@H](c2ccccc2)[C@]1(NS(=O)(=O)N1Cc2ccc(O)cc2C1)C(=O)O. The Morgan fingerprint density at radius 3 is 2.48 bits per heavy atom. The molecule has 0 saturated heterocycles. The fourth-order valence-corrected chi connectivity index (χ4v) is 5.67. The molecule has 27 heavy (non-hydrogen) atoms. The maximum atomic E-state index is 13.0. The zero-order chi connectivity index (χ0) is 19.4. The van der Waals surface area contributed by atoms with Gasteiger partial charge in [-0.3, -0.25) is 4.79 Å². The third-order valence-corrected chi connectivity index (χ3v) is 7.17. The van der Waals surface area contributed by atoms with Crippen molar-refractivity contribution in [1.82, 2.24) is 9.03 Å². The molecule has 0 amide bonds. The Labute approximate surface area is 157 Å². The van der Waals surface area contributed by atoms with Crippen LogP contribution in [0.25, 0.3) is 0 Å². The minimum Gasteiger partial charge on any atom is -0.508 e. The number of phenols is 1. The monoisotopic (exact) mass is 388 g/mol. The van der Waals surface area contributed by atoms with E-state index in [0.29, 0.717) is 5.56 Å². The van der Waals surface area contributed by atoms with Crippen molar-refractivity contribution in [2.24, 2.45) is 5.92 Å². The average Bonchev–Trinajstić information content (AvgIpc) is 3.00. The Kier molecular flexibility index (Phi) is 4.03. The smallest absolute Gasteiger partial charge is 0.325 e. The summed E-state index contributed by atoms with van der Waals surface area (Å²) in [7, 11) is -4.03. The van der Waals surface area contributed by atoms with Gasteiger partial charge in [0.2, 0.25) is 0 Å². The number of carboxylic acid groups (broad SMARTS) is 1. The zero-order valence-electron chi connectivity index (χ0n) is 14.7. The molecule has 8 heteroatoms. The highest BCUT2D eigenvalue weighted by atomic mass is 32.2. The molecule has 4 rings (SSSR count). The van der Waals surface area contributed by atoms with Gasteiger partial charge in [0.05, 0.1) is 0 Å². The molecule has 3 N–H and O–H groups in total. The summed E-state index contributed by atoms with van der Waals surface area (Å²) in [5, 5.41) is 19.4. The van der Waals surface area contributed by atoms with E-state index in [0.717, 1.165) is 11.1 Å². The van der Waals surface area contributed by atoms with Gasteiger partial charge in [-0.2, -0.15) is 17.4 Å². The van der Waals surface area contributed by atoms with Gasteiger partial charge >= 0.3 is 5.97 Å². The third-order valence-electron chi connectivity index (χ3n) is 5.63. The molecule has 1 heterocycles. The van der Waals surface area contributed by atoms with Crippen LogP contribution in [0.5, 0.6) is 5.75 Å². The van der Waals surface area contributed by atoms with Crippen LogP contribution in [0.15, 0.2) is 48.5 Å². The summed E-state index contributed by atoms with van der Waals surface area (Å²) in [5.41, 5.74) is 0.751. The molecular formula is C19H20N2O5S. The van der Waals surface area contributed by atoms with E-state index in [4.69, 9.17) is 0 Å². The minimum absolute atomic E-state index is 0.0721. The predicted molar refractivity (Wildman–Crippen MR) is 98.1 cm³/mol. The maximum absolute atomic E-state index is 13.0. The molecule has 0 aromatic heterocycles. The van der Waals surface area contributed by atoms with Gasteiger partial charge in [0.15, 0.2) is 0 Å². The molecule has 1 unspecified atom stereocenters. The van der Waals surface area contributed by atoms with Crippen molar-refractivity contribution in [3.8, 4) is 5.75 Å². The summed E-state index contributed by atoms with van der Waals surface area (Å²) in [6.07, 6.45) is 0. The molecule has 2 aliphatic rings. The number of nitrogens with one attached hydrogen (secondary N) is 1. The van der Waals surface area contributed by atoms with E-state index in [1.807, 2.05) is 30.3 Å². The van der Waals surface area contributed by atoms with Crippen molar-refractivity contribution in [1.29, 1.82) is 0 Å². The molecule has 1 saturated carbocycles. The topological polar surface area (TPSA) is 107 Å². The summed E-state index contributed by atoms with van der Waals surface area (Å²) < 4.78 is 29.6. The predicted octanol–water partition coefficient (Wildman–Crippen LogP) is 1.80. The zero-order valence-corrected chi connectivity index (χ0v) is 15.5. The molecule has 0 spiro atoms. The minimum atomic E-state index is -4.03. The second-order valence-corrected chi connectivity index (χ2v) is 8.85. The van der Waals surface area contributed by atoms with Gasteiger partial charge in [-0.05, 0) is 34.7 Å². The lowest BCUT2D eigenvalue weighted by atomic mass is 10.1. The first kappa shape index (κ1) is 18.0. The Morgan fingerprint density at radius 2 is 1.81 bits per heavy atom.